The van der Waals surface area contributed by atoms with Crippen molar-refractivity contribution in [3.05, 3.63) is 11.9 Å². The molecule has 1 fully saturated rings. The number of nitrogens with one attached hydrogen (secondary N) is 2. The van der Waals surface area contributed by atoms with Gasteiger partial charge in [0.2, 0.25) is 5.82 Å². The number of alkyl halides is 3. The maximum atomic E-state index is 12.9. The lowest BCUT2D eigenvalue weighted by atomic mass is 10.3. The molecule has 2 N–H and O–H groups in total. The Morgan fingerprint density at radius 3 is 2.60 bits per heavy atom. The summed E-state index contributed by atoms with van der Waals surface area (Å²) in [6.45, 7) is 5.28. The third-order valence-electron chi connectivity index (χ3n) is 2.96. The predicted octanol–water partition coefficient (Wildman–Crippen LogP) is 1.73. The number of hydrogen-bond donors (Lipinski definition) is 2. The summed E-state index contributed by atoms with van der Waals surface area (Å²) in [5.74, 6) is -0.540. The Labute approximate surface area is 115 Å². The van der Waals surface area contributed by atoms with Gasteiger partial charge in [0.05, 0.1) is 0 Å². The molecule has 0 atom stereocenters. The van der Waals surface area contributed by atoms with Gasteiger partial charge in [0, 0.05) is 38.8 Å². The van der Waals surface area contributed by atoms with Crippen molar-refractivity contribution in [1.29, 1.82) is 0 Å². The summed E-state index contributed by atoms with van der Waals surface area (Å²) in [6.07, 6.45) is -3.72. The fraction of sp³-hybridized carbons (Fsp3) is 0.667. The topological polar surface area (TPSA) is 53.1 Å². The first kappa shape index (κ1) is 14.8. The van der Waals surface area contributed by atoms with E-state index in [1.54, 1.807) is 6.07 Å². The van der Waals surface area contributed by atoms with E-state index < -0.39 is 12.0 Å². The molecule has 1 aromatic rings. The van der Waals surface area contributed by atoms with Crippen LogP contribution in [-0.2, 0) is 6.18 Å². The van der Waals surface area contributed by atoms with E-state index in [9.17, 15) is 13.2 Å². The highest BCUT2D eigenvalue weighted by atomic mass is 19.4. The zero-order valence-corrected chi connectivity index (χ0v) is 11.3. The lowest BCUT2D eigenvalue weighted by molar-refractivity contribution is -0.144. The Hall–Kier alpha value is -1.57. The van der Waals surface area contributed by atoms with E-state index in [2.05, 4.69) is 20.6 Å². The number of nitrogens with zero attached hydrogens (tertiary/aromatic N) is 3. The van der Waals surface area contributed by atoms with Crippen LogP contribution in [0.5, 0.6) is 0 Å². The molecule has 0 aliphatic carbocycles. The summed E-state index contributed by atoms with van der Waals surface area (Å²) in [4.78, 5) is 9.04. The second kappa shape index (κ2) is 6.25. The number of halogens is 3. The van der Waals surface area contributed by atoms with E-state index in [0.29, 0.717) is 25.5 Å². The number of piperazine rings is 1. The van der Waals surface area contributed by atoms with Crippen molar-refractivity contribution in [3.63, 3.8) is 0 Å². The number of hydrogen-bond acceptors (Lipinski definition) is 5. The second-order valence-electron chi connectivity index (χ2n) is 4.60. The molecule has 0 aromatic carbocycles. The Kier molecular flexibility index (Phi) is 4.64. The van der Waals surface area contributed by atoms with Gasteiger partial charge in [-0.2, -0.15) is 13.2 Å². The van der Waals surface area contributed by atoms with Gasteiger partial charge in [-0.05, 0) is 6.42 Å². The summed E-state index contributed by atoms with van der Waals surface area (Å²) >= 11 is 0. The maximum Gasteiger partial charge on any atom is 0.451 e. The minimum Gasteiger partial charge on any atom is -0.370 e. The van der Waals surface area contributed by atoms with Crippen LogP contribution in [-0.4, -0.2) is 42.7 Å². The van der Waals surface area contributed by atoms with Crippen LogP contribution in [0.15, 0.2) is 6.07 Å². The van der Waals surface area contributed by atoms with Crippen LogP contribution in [0.4, 0.5) is 24.8 Å². The standard InChI is InChI=1S/C12H18F3N5/c1-2-3-17-9-8-10(20-6-4-16-5-7-20)19-11(18-9)12(13,14)15/h8,16H,2-7H2,1H3,(H,17,18,19). The van der Waals surface area contributed by atoms with E-state index in [4.69, 9.17) is 0 Å². The largest absolute Gasteiger partial charge is 0.451 e. The number of anilines is 2. The average molecular weight is 289 g/mol. The molecule has 20 heavy (non-hydrogen) atoms. The van der Waals surface area contributed by atoms with Crippen molar-refractivity contribution in [2.24, 2.45) is 0 Å². The minimum atomic E-state index is -4.54. The number of rotatable bonds is 4. The van der Waals surface area contributed by atoms with Gasteiger partial charge < -0.3 is 15.5 Å². The molecule has 0 saturated carbocycles. The lowest BCUT2D eigenvalue weighted by Crippen LogP contribution is -2.44. The molecule has 0 unspecified atom stereocenters. The highest BCUT2D eigenvalue weighted by Gasteiger charge is 2.36. The summed E-state index contributed by atoms with van der Waals surface area (Å²) < 4.78 is 38.6. The monoisotopic (exact) mass is 289 g/mol. The number of aromatic nitrogens is 2. The van der Waals surface area contributed by atoms with E-state index in [0.717, 1.165) is 19.5 Å². The molecule has 0 spiro atoms. The van der Waals surface area contributed by atoms with Crippen molar-refractivity contribution in [1.82, 2.24) is 15.3 Å². The normalized spacial score (nSPS) is 16.3. The Morgan fingerprint density at radius 2 is 2.00 bits per heavy atom. The molecular formula is C12H18F3N5. The fourth-order valence-corrected chi connectivity index (χ4v) is 1.96. The van der Waals surface area contributed by atoms with Gasteiger partial charge >= 0.3 is 6.18 Å². The van der Waals surface area contributed by atoms with Crippen LogP contribution in [0, 0.1) is 0 Å². The Morgan fingerprint density at radius 1 is 1.30 bits per heavy atom. The molecular weight excluding hydrogens is 271 g/mol. The molecule has 1 aromatic heterocycles. The second-order valence-corrected chi connectivity index (χ2v) is 4.60. The van der Waals surface area contributed by atoms with Gasteiger partial charge in [0.1, 0.15) is 11.6 Å². The average Bonchev–Trinajstić information content (AvgIpc) is 2.45. The first-order valence-corrected chi connectivity index (χ1v) is 6.66. The molecule has 5 nitrogen and oxygen atoms in total. The minimum absolute atomic E-state index is 0.225. The summed E-state index contributed by atoms with van der Waals surface area (Å²) in [7, 11) is 0. The molecule has 0 amide bonds. The molecule has 1 aliphatic heterocycles. The van der Waals surface area contributed by atoms with Crippen LogP contribution in [0.1, 0.15) is 19.2 Å². The molecule has 0 radical (unpaired) electrons. The van der Waals surface area contributed by atoms with Crippen molar-refractivity contribution in [3.8, 4) is 0 Å². The highest BCUT2D eigenvalue weighted by Crippen LogP contribution is 2.29. The zero-order chi connectivity index (χ0) is 14.6. The first-order valence-electron chi connectivity index (χ1n) is 6.66. The lowest BCUT2D eigenvalue weighted by Gasteiger charge is -2.29. The molecule has 2 heterocycles. The fourth-order valence-electron chi connectivity index (χ4n) is 1.96. The van der Waals surface area contributed by atoms with Crippen LogP contribution in [0.25, 0.3) is 0 Å². The highest BCUT2D eigenvalue weighted by molar-refractivity contribution is 5.50. The first-order chi connectivity index (χ1) is 9.50. The van der Waals surface area contributed by atoms with E-state index in [-0.39, 0.29) is 5.82 Å². The molecule has 2 rings (SSSR count). The van der Waals surface area contributed by atoms with E-state index >= 15 is 0 Å². The van der Waals surface area contributed by atoms with E-state index in [1.807, 2.05) is 11.8 Å². The third-order valence-corrected chi connectivity index (χ3v) is 2.96. The van der Waals surface area contributed by atoms with Crippen molar-refractivity contribution < 1.29 is 13.2 Å². The molecule has 112 valence electrons. The summed E-state index contributed by atoms with van der Waals surface area (Å²) in [5, 5.41) is 6.05. The van der Waals surface area contributed by atoms with Gasteiger partial charge in [-0.25, -0.2) is 9.97 Å². The predicted molar refractivity (Wildman–Crippen MR) is 70.9 cm³/mol. The molecule has 8 heteroatoms. The summed E-state index contributed by atoms with van der Waals surface area (Å²) in [6, 6.07) is 1.58. The van der Waals surface area contributed by atoms with Gasteiger partial charge in [-0.1, -0.05) is 6.92 Å². The molecule has 1 aliphatic rings. The Bertz CT molecular complexity index is 443. The quantitative estimate of drug-likeness (QED) is 0.884. The molecule has 0 bridgehead atoms. The van der Waals surface area contributed by atoms with E-state index in [1.165, 1.54) is 0 Å². The van der Waals surface area contributed by atoms with Crippen LogP contribution in [0.3, 0.4) is 0 Å². The summed E-state index contributed by atoms with van der Waals surface area (Å²) in [5.41, 5.74) is 0. The third kappa shape index (κ3) is 3.72. The maximum absolute atomic E-state index is 12.9. The van der Waals surface area contributed by atoms with Crippen LogP contribution >= 0.6 is 0 Å². The smallest absolute Gasteiger partial charge is 0.370 e. The zero-order valence-electron chi connectivity index (χ0n) is 11.3. The van der Waals surface area contributed by atoms with Gasteiger partial charge in [-0.3, -0.25) is 0 Å². The Balaban J connectivity index is 2.29. The van der Waals surface area contributed by atoms with Crippen LogP contribution < -0.4 is 15.5 Å². The van der Waals surface area contributed by atoms with Gasteiger partial charge in [-0.15, -0.1) is 0 Å². The van der Waals surface area contributed by atoms with Gasteiger partial charge in [0.15, 0.2) is 0 Å². The van der Waals surface area contributed by atoms with Gasteiger partial charge in [0.25, 0.3) is 0 Å². The van der Waals surface area contributed by atoms with Crippen LogP contribution in [0.2, 0.25) is 0 Å². The molecule has 1 saturated heterocycles. The van der Waals surface area contributed by atoms with Crippen molar-refractivity contribution >= 4 is 11.6 Å². The van der Waals surface area contributed by atoms with Crippen molar-refractivity contribution in [2.45, 2.75) is 19.5 Å². The van der Waals surface area contributed by atoms with Crippen molar-refractivity contribution in [2.75, 3.05) is 42.9 Å². The SMILES string of the molecule is CCCNc1cc(N2CCNCC2)nc(C(F)(F)F)n1.